The Labute approximate surface area is 169 Å². The number of imidazole rings is 2. The van der Waals surface area contributed by atoms with Crippen LogP contribution in [0.15, 0.2) is 39.4 Å². The number of benzene rings is 2. The van der Waals surface area contributed by atoms with Crippen molar-refractivity contribution in [3.8, 4) is 0 Å². The topological polar surface area (TPSA) is 39.3 Å². The molecule has 2 aromatic carbocycles. The molecule has 0 saturated carbocycles. The minimum Gasteiger partial charge on any atom is -0.312 e. The van der Waals surface area contributed by atoms with Gasteiger partial charge in [-0.25, -0.2) is 9.37 Å². The predicted octanol–water partition coefficient (Wildman–Crippen LogP) is 5.68. The number of hydrogen-bond acceptors (Lipinski definition) is 2. The van der Waals surface area contributed by atoms with Crippen molar-refractivity contribution in [1.29, 1.82) is 0 Å². The van der Waals surface area contributed by atoms with E-state index in [1.165, 1.54) is 12.1 Å². The molecular weight excluding hydrogens is 488 g/mol. The Morgan fingerprint density at radius 1 is 1.27 bits per heavy atom. The first kappa shape index (κ1) is 17.7. The second kappa shape index (κ2) is 6.18. The van der Waals surface area contributed by atoms with Gasteiger partial charge in [-0.05, 0) is 63.0 Å². The van der Waals surface area contributed by atoms with Gasteiger partial charge in [0, 0.05) is 23.3 Å². The lowest BCUT2D eigenvalue weighted by Gasteiger charge is -2.10. The van der Waals surface area contributed by atoms with Crippen LogP contribution in [0.2, 0.25) is 5.02 Å². The van der Waals surface area contributed by atoms with Gasteiger partial charge in [0.25, 0.3) is 0 Å². The van der Waals surface area contributed by atoms with Crippen molar-refractivity contribution in [2.24, 2.45) is 7.05 Å². The van der Waals surface area contributed by atoms with E-state index in [4.69, 9.17) is 11.6 Å². The van der Waals surface area contributed by atoms with E-state index in [1.807, 2.05) is 35.2 Å². The SMILES string of the molecule is Cc1cn2c3cc(Br)c(C(=O)c4cc(F)ccc4Cl)c(Br)c3n(C)c2n1. The summed E-state index contributed by atoms with van der Waals surface area (Å²) >= 11 is 13.2. The number of ketones is 1. The summed E-state index contributed by atoms with van der Waals surface area (Å²) in [6, 6.07) is 5.61. The molecule has 0 aliphatic rings. The van der Waals surface area contributed by atoms with Crippen molar-refractivity contribution in [3.05, 3.63) is 67.1 Å². The summed E-state index contributed by atoms with van der Waals surface area (Å²) in [5.41, 5.74) is 3.10. The summed E-state index contributed by atoms with van der Waals surface area (Å²) < 4.78 is 18.7. The number of rotatable bonds is 2. The third-order valence-electron chi connectivity index (χ3n) is 4.28. The molecule has 0 amide bonds. The molecule has 132 valence electrons. The third-order valence-corrected chi connectivity index (χ3v) is 6.00. The minimum atomic E-state index is -0.515. The fraction of sp³-hybridized carbons (Fsp3) is 0.111. The molecule has 0 aliphatic carbocycles. The molecule has 0 saturated heterocycles. The molecule has 8 heteroatoms. The smallest absolute Gasteiger partial charge is 0.214 e. The molecule has 4 rings (SSSR count). The highest BCUT2D eigenvalue weighted by molar-refractivity contribution is 9.11. The summed E-state index contributed by atoms with van der Waals surface area (Å²) in [6.45, 7) is 1.92. The number of aryl methyl sites for hydroxylation is 2. The van der Waals surface area contributed by atoms with Gasteiger partial charge in [0.2, 0.25) is 5.78 Å². The van der Waals surface area contributed by atoms with Crippen molar-refractivity contribution >= 4 is 66.1 Å². The molecule has 0 spiro atoms. The van der Waals surface area contributed by atoms with Crippen LogP contribution in [0.3, 0.4) is 0 Å². The second-order valence-electron chi connectivity index (χ2n) is 5.98. The van der Waals surface area contributed by atoms with Gasteiger partial charge in [-0.3, -0.25) is 9.20 Å². The first-order valence-corrected chi connectivity index (χ1v) is 9.58. The highest BCUT2D eigenvalue weighted by Gasteiger charge is 2.24. The third kappa shape index (κ3) is 2.52. The van der Waals surface area contributed by atoms with Crippen LogP contribution in [0.25, 0.3) is 16.8 Å². The summed E-state index contributed by atoms with van der Waals surface area (Å²) in [5, 5.41) is 0.201. The largest absolute Gasteiger partial charge is 0.312 e. The van der Waals surface area contributed by atoms with E-state index in [0.29, 0.717) is 14.5 Å². The molecule has 0 N–H and O–H groups in total. The highest BCUT2D eigenvalue weighted by atomic mass is 79.9. The van der Waals surface area contributed by atoms with E-state index in [1.54, 1.807) is 0 Å². The van der Waals surface area contributed by atoms with E-state index >= 15 is 0 Å². The van der Waals surface area contributed by atoms with Crippen LogP contribution < -0.4 is 0 Å². The minimum absolute atomic E-state index is 0.113. The van der Waals surface area contributed by atoms with Crippen LogP contribution in [0, 0.1) is 12.7 Å². The Morgan fingerprint density at radius 3 is 2.73 bits per heavy atom. The van der Waals surface area contributed by atoms with Crippen LogP contribution in [-0.4, -0.2) is 19.7 Å². The highest BCUT2D eigenvalue weighted by Crippen LogP contribution is 2.37. The Kier molecular flexibility index (Phi) is 4.21. The van der Waals surface area contributed by atoms with Crippen molar-refractivity contribution < 1.29 is 9.18 Å². The van der Waals surface area contributed by atoms with Crippen molar-refractivity contribution in [2.75, 3.05) is 0 Å². The molecule has 26 heavy (non-hydrogen) atoms. The van der Waals surface area contributed by atoms with E-state index in [2.05, 4.69) is 36.8 Å². The van der Waals surface area contributed by atoms with E-state index in [0.717, 1.165) is 28.6 Å². The number of fused-ring (bicyclic) bond motifs is 3. The molecule has 0 fully saturated rings. The Bertz CT molecular complexity index is 1230. The fourth-order valence-electron chi connectivity index (χ4n) is 3.11. The normalized spacial score (nSPS) is 11.6. The zero-order valence-corrected chi connectivity index (χ0v) is 17.6. The van der Waals surface area contributed by atoms with Gasteiger partial charge in [-0.15, -0.1) is 0 Å². The monoisotopic (exact) mass is 497 g/mol. The van der Waals surface area contributed by atoms with Gasteiger partial charge in [0.1, 0.15) is 5.82 Å². The predicted molar refractivity (Wildman–Crippen MR) is 107 cm³/mol. The van der Waals surface area contributed by atoms with Crippen LogP contribution >= 0.6 is 43.5 Å². The maximum atomic E-state index is 13.6. The zero-order valence-electron chi connectivity index (χ0n) is 13.6. The van der Waals surface area contributed by atoms with E-state index in [-0.39, 0.29) is 16.4 Å². The van der Waals surface area contributed by atoms with Crippen molar-refractivity contribution in [1.82, 2.24) is 14.0 Å². The molecule has 2 heterocycles. The molecule has 0 atom stereocenters. The van der Waals surface area contributed by atoms with Crippen LogP contribution in [0.4, 0.5) is 4.39 Å². The van der Waals surface area contributed by atoms with Gasteiger partial charge in [0.05, 0.1) is 31.8 Å². The summed E-state index contributed by atoms with van der Waals surface area (Å²) in [4.78, 5) is 17.6. The van der Waals surface area contributed by atoms with Crippen LogP contribution in [-0.2, 0) is 7.05 Å². The maximum Gasteiger partial charge on any atom is 0.214 e. The molecule has 0 bridgehead atoms. The van der Waals surface area contributed by atoms with E-state index < -0.39 is 5.82 Å². The lowest BCUT2D eigenvalue weighted by atomic mass is 10.0. The molecular formula is C18H11Br2ClFN3O. The first-order valence-electron chi connectivity index (χ1n) is 7.61. The van der Waals surface area contributed by atoms with Gasteiger partial charge in [-0.2, -0.15) is 0 Å². The number of halogens is 4. The molecule has 4 aromatic rings. The molecule has 4 nitrogen and oxygen atoms in total. The average molecular weight is 500 g/mol. The number of hydrogen-bond donors (Lipinski definition) is 0. The number of carbonyl (C=O) groups excluding carboxylic acids is 1. The van der Waals surface area contributed by atoms with Gasteiger partial charge < -0.3 is 4.57 Å². The van der Waals surface area contributed by atoms with Gasteiger partial charge in [0.15, 0.2) is 5.78 Å². The zero-order chi connectivity index (χ0) is 18.7. The van der Waals surface area contributed by atoms with Gasteiger partial charge >= 0.3 is 0 Å². The van der Waals surface area contributed by atoms with Gasteiger partial charge in [-0.1, -0.05) is 11.6 Å². The number of aromatic nitrogens is 3. The Balaban J connectivity index is 2.03. The molecule has 2 aromatic heterocycles. The molecule has 0 aliphatic heterocycles. The Morgan fingerprint density at radius 2 is 2.00 bits per heavy atom. The maximum absolute atomic E-state index is 13.6. The number of carbonyl (C=O) groups is 1. The summed E-state index contributed by atoms with van der Waals surface area (Å²) in [5.74, 6) is -0.123. The number of nitrogens with zero attached hydrogens (tertiary/aromatic N) is 3. The standard InChI is InChI=1S/C18H11Br2ClFN3O/c1-8-7-25-13-6-11(19)14(15(20)16(13)24(2)18(25)23-8)17(26)10-5-9(22)3-4-12(10)21/h3-7H,1-2H3. The second-order valence-corrected chi connectivity index (χ2v) is 8.03. The molecule has 0 unspecified atom stereocenters. The van der Waals surface area contributed by atoms with Crippen molar-refractivity contribution in [3.63, 3.8) is 0 Å². The quantitative estimate of drug-likeness (QED) is 0.333. The first-order chi connectivity index (χ1) is 12.3. The Hall–Kier alpha value is -1.70. The lowest BCUT2D eigenvalue weighted by molar-refractivity contribution is 0.103. The van der Waals surface area contributed by atoms with Crippen molar-refractivity contribution in [2.45, 2.75) is 6.92 Å². The van der Waals surface area contributed by atoms with Crippen LogP contribution in [0.5, 0.6) is 0 Å². The summed E-state index contributed by atoms with van der Waals surface area (Å²) in [7, 11) is 1.88. The summed E-state index contributed by atoms with van der Waals surface area (Å²) in [6.07, 6.45) is 1.93. The van der Waals surface area contributed by atoms with E-state index in [9.17, 15) is 9.18 Å². The average Bonchev–Trinajstić information content (AvgIpc) is 3.07. The molecule has 0 radical (unpaired) electrons. The lowest BCUT2D eigenvalue weighted by Crippen LogP contribution is -2.06. The van der Waals surface area contributed by atoms with Crippen LogP contribution in [0.1, 0.15) is 21.6 Å². The fourth-order valence-corrected chi connectivity index (χ4v) is 5.04.